The number of hydrogen-bond donors (Lipinski definition) is 0. The molecule has 2 aromatic carbocycles. The van der Waals surface area contributed by atoms with Crippen molar-refractivity contribution in [2.45, 2.75) is 13.5 Å². The van der Waals surface area contributed by atoms with E-state index in [1.807, 2.05) is 0 Å². The maximum absolute atomic E-state index is 12.6. The van der Waals surface area contributed by atoms with Gasteiger partial charge in [0.1, 0.15) is 11.3 Å². The molecule has 1 heterocycles. The summed E-state index contributed by atoms with van der Waals surface area (Å²) in [5.41, 5.74) is 0.226. The van der Waals surface area contributed by atoms with Gasteiger partial charge in [-0.1, -0.05) is 6.07 Å². The quantitative estimate of drug-likeness (QED) is 0.353. The Morgan fingerprint density at radius 1 is 1.19 bits per heavy atom. The van der Waals surface area contributed by atoms with Crippen molar-refractivity contribution in [1.29, 1.82) is 0 Å². The monoisotopic (exact) mass is 354 g/mol. The van der Waals surface area contributed by atoms with Crippen molar-refractivity contribution in [2.24, 2.45) is 0 Å². The van der Waals surface area contributed by atoms with Gasteiger partial charge in [-0.25, -0.2) is 0 Å². The molecule has 0 atom stereocenters. The number of nitrogens with zero attached hydrogens (tertiary/aromatic N) is 2. The number of fused-ring (bicyclic) bond motifs is 1. The lowest BCUT2D eigenvalue weighted by Crippen LogP contribution is -2.29. The summed E-state index contributed by atoms with van der Waals surface area (Å²) in [6, 6.07) is 8.63. The number of imide groups is 1. The summed E-state index contributed by atoms with van der Waals surface area (Å²) < 4.78 is 5.23. The largest absolute Gasteiger partial charge is 0.496 e. The van der Waals surface area contributed by atoms with Gasteiger partial charge in [0.05, 0.1) is 24.1 Å². The highest BCUT2D eigenvalue weighted by Crippen LogP contribution is 2.33. The highest BCUT2D eigenvalue weighted by molar-refractivity contribution is 6.23. The van der Waals surface area contributed by atoms with Crippen molar-refractivity contribution in [3.05, 3.63) is 68.8 Å². The Bertz CT molecular complexity index is 966. The van der Waals surface area contributed by atoms with Gasteiger partial charge < -0.3 is 4.74 Å². The summed E-state index contributed by atoms with van der Waals surface area (Å²) in [4.78, 5) is 48.2. The van der Waals surface area contributed by atoms with Gasteiger partial charge >= 0.3 is 0 Å². The van der Waals surface area contributed by atoms with Crippen LogP contribution in [0.4, 0.5) is 5.69 Å². The van der Waals surface area contributed by atoms with E-state index in [4.69, 9.17) is 4.74 Å². The Kier molecular flexibility index (Phi) is 4.25. The van der Waals surface area contributed by atoms with E-state index < -0.39 is 22.4 Å². The molecule has 0 saturated carbocycles. The van der Waals surface area contributed by atoms with Crippen LogP contribution in [0.3, 0.4) is 0 Å². The Hall–Kier alpha value is -3.55. The molecule has 1 aliphatic heterocycles. The summed E-state index contributed by atoms with van der Waals surface area (Å²) >= 11 is 0. The van der Waals surface area contributed by atoms with Crippen LogP contribution in [-0.2, 0) is 6.54 Å². The van der Waals surface area contributed by atoms with Crippen LogP contribution in [0.1, 0.15) is 43.6 Å². The van der Waals surface area contributed by atoms with Crippen molar-refractivity contribution < 1.29 is 24.0 Å². The lowest BCUT2D eigenvalue weighted by molar-refractivity contribution is -0.385. The van der Waals surface area contributed by atoms with Crippen LogP contribution in [0.2, 0.25) is 0 Å². The van der Waals surface area contributed by atoms with Gasteiger partial charge in [0.15, 0.2) is 5.78 Å². The fraction of sp³-hybridized carbons (Fsp3) is 0.167. The standard InChI is InChI=1S/C18H14N2O6/c1-10(21)11-6-7-15(26-2)12(8-11)9-19-17(22)13-4-3-5-14(20(24)25)16(13)18(19)23/h3-8H,9H2,1-2H3. The van der Waals surface area contributed by atoms with E-state index in [1.165, 1.54) is 32.2 Å². The van der Waals surface area contributed by atoms with Gasteiger partial charge in [-0.2, -0.15) is 0 Å². The predicted molar refractivity (Wildman–Crippen MR) is 90.3 cm³/mol. The minimum atomic E-state index is -0.743. The number of nitro groups is 1. The van der Waals surface area contributed by atoms with Gasteiger partial charge in [-0.15, -0.1) is 0 Å². The molecule has 0 aliphatic carbocycles. The van der Waals surface area contributed by atoms with Crippen LogP contribution in [0, 0.1) is 10.1 Å². The number of ether oxygens (including phenoxy) is 1. The van der Waals surface area contributed by atoms with Crippen LogP contribution in [0.5, 0.6) is 5.75 Å². The summed E-state index contributed by atoms with van der Waals surface area (Å²) in [5, 5.41) is 11.2. The first-order valence-corrected chi connectivity index (χ1v) is 7.66. The van der Waals surface area contributed by atoms with E-state index in [2.05, 4.69) is 0 Å². The SMILES string of the molecule is COc1ccc(C(C)=O)cc1CN1C(=O)c2cccc([N+](=O)[O-])c2C1=O. The first-order valence-electron chi connectivity index (χ1n) is 7.66. The second kappa shape index (κ2) is 6.40. The topological polar surface area (TPSA) is 107 Å². The lowest BCUT2D eigenvalue weighted by Gasteiger charge is -2.16. The number of rotatable bonds is 5. The van der Waals surface area contributed by atoms with Crippen LogP contribution in [0.25, 0.3) is 0 Å². The minimum absolute atomic E-state index is 0.00844. The molecule has 0 radical (unpaired) electrons. The molecule has 3 rings (SSSR count). The molecule has 2 aromatic rings. The second-order valence-electron chi connectivity index (χ2n) is 5.74. The van der Waals surface area contributed by atoms with Crippen LogP contribution in [0.15, 0.2) is 36.4 Å². The molecular weight excluding hydrogens is 340 g/mol. The van der Waals surface area contributed by atoms with E-state index in [0.29, 0.717) is 16.9 Å². The van der Waals surface area contributed by atoms with E-state index in [9.17, 15) is 24.5 Å². The summed E-state index contributed by atoms with van der Waals surface area (Å²) in [7, 11) is 1.43. The highest BCUT2D eigenvalue weighted by atomic mass is 16.6. The zero-order valence-corrected chi connectivity index (χ0v) is 14.0. The molecule has 0 saturated heterocycles. The number of Topliss-reactive ketones (excluding diaryl/α,β-unsaturated/α-hetero) is 1. The summed E-state index contributed by atoms with van der Waals surface area (Å²) in [5.74, 6) is -1.13. The fourth-order valence-corrected chi connectivity index (χ4v) is 2.90. The number of carbonyl (C=O) groups is 3. The fourth-order valence-electron chi connectivity index (χ4n) is 2.90. The van der Waals surface area contributed by atoms with Crippen molar-refractivity contribution in [1.82, 2.24) is 4.90 Å². The van der Waals surface area contributed by atoms with Crippen LogP contribution >= 0.6 is 0 Å². The molecule has 0 bridgehead atoms. The summed E-state index contributed by atoms with van der Waals surface area (Å²) in [6.07, 6.45) is 0. The number of methoxy groups -OCH3 is 1. The number of carbonyl (C=O) groups excluding carboxylic acids is 3. The van der Waals surface area contributed by atoms with E-state index in [-0.39, 0.29) is 23.5 Å². The smallest absolute Gasteiger partial charge is 0.282 e. The number of hydrogen-bond acceptors (Lipinski definition) is 6. The summed E-state index contributed by atoms with van der Waals surface area (Å²) in [6.45, 7) is 1.24. The minimum Gasteiger partial charge on any atom is -0.496 e. The zero-order chi connectivity index (χ0) is 19.0. The predicted octanol–water partition coefficient (Wildman–Crippen LogP) is 2.60. The van der Waals surface area contributed by atoms with Crippen LogP contribution < -0.4 is 4.74 Å². The average Bonchev–Trinajstić information content (AvgIpc) is 2.86. The Balaban J connectivity index is 2.03. The van der Waals surface area contributed by atoms with Crippen molar-refractivity contribution >= 4 is 23.3 Å². The first-order chi connectivity index (χ1) is 12.3. The Labute approximate surface area is 148 Å². The molecule has 8 nitrogen and oxygen atoms in total. The molecule has 1 aliphatic rings. The van der Waals surface area contributed by atoms with Crippen molar-refractivity contribution in [2.75, 3.05) is 7.11 Å². The van der Waals surface area contributed by atoms with Crippen molar-refractivity contribution in [3.8, 4) is 5.75 Å². The van der Waals surface area contributed by atoms with E-state index in [1.54, 1.807) is 18.2 Å². The number of nitro benzene ring substituents is 1. The number of ketones is 1. The van der Waals surface area contributed by atoms with Gasteiger partial charge in [-0.3, -0.25) is 29.4 Å². The average molecular weight is 354 g/mol. The molecule has 26 heavy (non-hydrogen) atoms. The molecular formula is C18H14N2O6. The third kappa shape index (κ3) is 2.71. The third-order valence-corrected chi connectivity index (χ3v) is 4.19. The van der Waals surface area contributed by atoms with Gasteiger partial charge in [-0.05, 0) is 31.2 Å². The maximum Gasteiger partial charge on any atom is 0.282 e. The Morgan fingerprint density at radius 3 is 2.54 bits per heavy atom. The lowest BCUT2D eigenvalue weighted by atomic mass is 10.1. The Morgan fingerprint density at radius 2 is 1.92 bits per heavy atom. The van der Waals surface area contributed by atoms with Gasteiger partial charge in [0.2, 0.25) is 0 Å². The van der Waals surface area contributed by atoms with Crippen molar-refractivity contribution in [3.63, 3.8) is 0 Å². The zero-order valence-electron chi connectivity index (χ0n) is 14.0. The van der Waals surface area contributed by atoms with E-state index in [0.717, 1.165) is 4.90 Å². The number of amides is 2. The normalized spacial score (nSPS) is 12.9. The molecule has 0 spiro atoms. The van der Waals surface area contributed by atoms with E-state index >= 15 is 0 Å². The molecule has 132 valence electrons. The molecule has 0 N–H and O–H groups in total. The third-order valence-electron chi connectivity index (χ3n) is 4.19. The highest BCUT2D eigenvalue weighted by Gasteiger charge is 2.41. The molecule has 2 amide bonds. The van der Waals surface area contributed by atoms with Gasteiger partial charge in [0.25, 0.3) is 17.5 Å². The molecule has 8 heteroatoms. The molecule has 0 aromatic heterocycles. The first kappa shape index (κ1) is 17.3. The van der Waals surface area contributed by atoms with Crippen LogP contribution in [-0.4, -0.2) is 34.5 Å². The second-order valence-corrected chi connectivity index (χ2v) is 5.74. The molecule has 0 unspecified atom stereocenters. The number of benzene rings is 2. The van der Waals surface area contributed by atoms with Gasteiger partial charge in [0, 0.05) is 17.2 Å². The molecule has 0 fully saturated rings. The maximum atomic E-state index is 12.6.